The molecule has 3 aliphatic heterocycles. The Labute approximate surface area is 122 Å². The topological polar surface area (TPSA) is 24.5 Å². The van der Waals surface area contributed by atoms with Gasteiger partial charge in [-0.15, -0.1) is 0 Å². The molecular formula is C17H26N2O. The first kappa shape index (κ1) is 13.7. The van der Waals surface area contributed by atoms with Gasteiger partial charge in [0.05, 0.1) is 6.61 Å². The number of ether oxygens (including phenoxy) is 1. The molecule has 3 nitrogen and oxygen atoms in total. The second-order valence-electron chi connectivity index (χ2n) is 6.81. The van der Waals surface area contributed by atoms with Gasteiger partial charge in [-0.3, -0.25) is 0 Å². The summed E-state index contributed by atoms with van der Waals surface area (Å²) in [5.41, 5.74) is 1.71. The molecule has 2 bridgehead atoms. The van der Waals surface area contributed by atoms with Crippen molar-refractivity contribution in [1.29, 1.82) is 0 Å². The van der Waals surface area contributed by atoms with Gasteiger partial charge in [0.25, 0.3) is 0 Å². The van der Waals surface area contributed by atoms with Crippen LogP contribution in [0, 0.1) is 11.3 Å². The second kappa shape index (κ2) is 5.28. The summed E-state index contributed by atoms with van der Waals surface area (Å²) in [7, 11) is 0. The highest BCUT2D eigenvalue weighted by molar-refractivity contribution is 5.51. The number of fused-ring (bicyclic) bond motifs is 4. The maximum Gasteiger partial charge on any atom is 0.119 e. The molecule has 2 atom stereocenters. The Morgan fingerprint density at radius 2 is 2.00 bits per heavy atom. The van der Waals surface area contributed by atoms with Crippen molar-refractivity contribution >= 4 is 5.69 Å². The van der Waals surface area contributed by atoms with Crippen molar-refractivity contribution < 1.29 is 4.74 Å². The number of hydrogen-bond donors (Lipinski definition) is 1. The number of rotatable bonds is 3. The van der Waals surface area contributed by atoms with Gasteiger partial charge < -0.3 is 15.0 Å². The highest BCUT2D eigenvalue weighted by Crippen LogP contribution is 2.41. The lowest BCUT2D eigenvalue weighted by atomic mass is 9.73. The lowest BCUT2D eigenvalue weighted by Gasteiger charge is -2.48. The first-order valence-corrected chi connectivity index (χ1v) is 7.80. The van der Waals surface area contributed by atoms with E-state index >= 15 is 0 Å². The van der Waals surface area contributed by atoms with Crippen LogP contribution in [0.5, 0.6) is 5.75 Å². The summed E-state index contributed by atoms with van der Waals surface area (Å²) in [6.45, 7) is 11.0. The van der Waals surface area contributed by atoms with Crippen LogP contribution >= 0.6 is 0 Å². The molecule has 110 valence electrons. The third kappa shape index (κ3) is 2.51. The predicted octanol–water partition coefficient (Wildman–Crippen LogP) is 2.91. The molecule has 0 saturated carbocycles. The third-order valence-electron chi connectivity index (χ3n) is 4.80. The molecular weight excluding hydrogens is 248 g/mol. The van der Waals surface area contributed by atoms with Crippen molar-refractivity contribution in [3.05, 3.63) is 24.3 Å². The van der Waals surface area contributed by atoms with Gasteiger partial charge in [-0.05, 0) is 55.5 Å². The summed E-state index contributed by atoms with van der Waals surface area (Å²) in [6, 6.07) is 9.19. The van der Waals surface area contributed by atoms with Gasteiger partial charge in [-0.1, -0.05) is 13.8 Å². The Bertz CT molecular complexity index is 455. The van der Waals surface area contributed by atoms with E-state index in [0.717, 1.165) is 31.4 Å². The van der Waals surface area contributed by atoms with E-state index in [1.807, 2.05) is 6.92 Å². The van der Waals surface area contributed by atoms with Crippen LogP contribution in [0.3, 0.4) is 0 Å². The standard InChI is InChI=1S/C17H26N2O/c1-4-20-15-7-5-14(6-8-15)19-12-13-9-17(2,3)16(19)11-18-10-13/h5-8,13,16,18H,4,9-12H2,1-3H3/t13?,16-/m1/s1. The van der Waals surface area contributed by atoms with Crippen molar-refractivity contribution in [3.8, 4) is 5.75 Å². The van der Waals surface area contributed by atoms with Crippen LogP contribution in [-0.2, 0) is 0 Å². The normalized spacial score (nSPS) is 28.2. The van der Waals surface area contributed by atoms with E-state index in [0.29, 0.717) is 11.5 Å². The van der Waals surface area contributed by atoms with Crippen LogP contribution in [0.15, 0.2) is 24.3 Å². The van der Waals surface area contributed by atoms with Crippen molar-refractivity contribution in [2.75, 3.05) is 31.1 Å². The molecule has 0 spiro atoms. The van der Waals surface area contributed by atoms with Gasteiger partial charge in [-0.25, -0.2) is 0 Å². The third-order valence-corrected chi connectivity index (χ3v) is 4.80. The first-order chi connectivity index (χ1) is 9.60. The van der Waals surface area contributed by atoms with Gasteiger partial charge in [0, 0.05) is 24.8 Å². The molecule has 1 N–H and O–H groups in total. The predicted molar refractivity (Wildman–Crippen MR) is 83.5 cm³/mol. The highest BCUT2D eigenvalue weighted by Gasteiger charge is 2.43. The number of anilines is 1. The quantitative estimate of drug-likeness (QED) is 0.917. The molecule has 20 heavy (non-hydrogen) atoms. The fourth-order valence-corrected chi connectivity index (χ4v) is 3.91. The van der Waals surface area contributed by atoms with Gasteiger partial charge in [0.2, 0.25) is 0 Å². The van der Waals surface area contributed by atoms with Gasteiger partial charge in [0.15, 0.2) is 0 Å². The number of benzene rings is 1. The van der Waals surface area contributed by atoms with Gasteiger partial charge in [0.1, 0.15) is 5.75 Å². The maximum atomic E-state index is 5.54. The summed E-state index contributed by atoms with van der Waals surface area (Å²) < 4.78 is 5.54. The zero-order valence-corrected chi connectivity index (χ0v) is 12.9. The average molecular weight is 274 g/mol. The molecule has 4 rings (SSSR count). The lowest BCUT2D eigenvalue weighted by molar-refractivity contribution is 0.192. The minimum absolute atomic E-state index is 0.380. The number of hydrogen-bond acceptors (Lipinski definition) is 3. The van der Waals surface area contributed by atoms with Crippen LogP contribution < -0.4 is 15.0 Å². The summed E-state index contributed by atoms with van der Waals surface area (Å²) in [6.07, 6.45) is 1.33. The molecule has 3 fully saturated rings. The van der Waals surface area contributed by atoms with E-state index in [2.05, 4.69) is 48.3 Å². The molecule has 1 aromatic rings. The molecule has 0 amide bonds. The van der Waals surface area contributed by atoms with E-state index in [-0.39, 0.29) is 0 Å². The van der Waals surface area contributed by atoms with E-state index in [9.17, 15) is 0 Å². The van der Waals surface area contributed by atoms with Crippen LogP contribution in [0.1, 0.15) is 27.2 Å². The molecule has 0 aromatic heterocycles. The molecule has 1 unspecified atom stereocenters. The maximum absolute atomic E-state index is 5.54. The zero-order chi connectivity index (χ0) is 14.2. The van der Waals surface area contributed by atoms with Gasteiger partial charge >= 0.3 is 0 Å². The van der Waals surface area contributed by atoms with E-state index in [1.54, 1.807) is 0 Å². The largest absolute Gasteiger partial charge is 0.494 e. The summed E-state index contributed by atoms with van der Waals surface area (Å²) in [4.78, 5) is 2.60. The smallest absolute Gasteiger partial charge is 0.119 e. The second-order valence-corrected chi connectivity index (χ2v) is 6.81. The van der Waals surface area contributed by atoms with Crippen molar-refractivity contribution in [2.45, 2.75) is 33.2 Å². The number of nitrogens with one attached hydrogen (secondary N) is 1. The number of piperidine rings is 1. The Hall–Kier alpha value is -1.22. The summed E-state index contributed by atoms with van der Waals surface area (Å²) in [5, 5.41) is 3.63. The van der Waals surface area contributed by atoms with Crippen molar-refractivity contribution in [3.63, 3.8) is 0 Å². The zero-order valence-electron chi connectivity index (χ0n) is 12.9. The number of nitrogens with zero attached hydrogens (tertiary/aromatic N) is 1. The first-order valence-electron chi connectivity index (χ1n) is 7.80. The van der Waals surface area contributed by atoms with Gasteiger partial charge in [-0.2, -0.15) is 0 Å². The summed E-state index contributed by atoms with van der Waals surface area (Å²) >= 11 is 0. The Morgan fingerprint density at radius 1 is 1.25 bits per heavy atom. The van der Waals surface area contributed by atoms with Crippen LogP contribution in [-0.4, -0.2) is 32.3 Å². The fraction of sp³-hybridized carbons (Fsp3) is 0.647. The van der Waals surface area contributed by atoms with Crippen molar-refractivity contribution in [1.82, 2.24) is 5.32 Å². The molecule has 3 heteroatoms. The summed E-state index contributed by atoms with van der Waals surface area (Å²) in [5.74, 6) is 1.73. The SMILES string of the molecule is CCOc1ccc(N2CC3CNC[C@@H]2C(C)(C)C3)cc1. The lowest BCUT2D eigenvalue weighted by Crippen LogP contribution is -2.53. The minimum Gasteiger partial charge on any atom is -0.494 e. The molecule has 3 saturated heterocycles. The Kier molecular flexibility index (Phi) is 3.63. The van der Waals surface area contributed by atoms with E-state index in [4.69, 9.17) is 4.74 Å². The van der Waals surface area contributed by atoms with E-state index in [1.165, 1.54) is 18.7 Å². The van der Waals surface area contributed by atoms with Crippen LogP contribution in [0.4, 0.5) is 5.69 Å². The molecule has 3 heterocycles. The van der Waals surface area contributed by atoms with E-state index < -0.39 is 0 Å². The Balaban J connectivity index is 1.85. The molecule has 3 aliphatic rings. The molecule has 0 radical (unpaired) electrons. The highest BCUT2D eigenvalue weighted by atomic mass is 16.5. The van der Waals surface area contributed by atoms with Crippen molar-refractivity contribution in [2.24, 2.45) is 11.3 Å². The Morgan fingerprint density at radius 3 is 2.70 bits per heavy atom. The average Bonchev–Trinajstić information content (AvgIpc) is 2.70. The fourth-order valence-electron chi connectivity index (χ4n) is 3.91. The minimum atomic E-state index is 0.380. The van der Waals surface area contributed by atoms with Crippen LogP contribution in [0.25, 0.3) is 0 Å². The molecule has 1 aromatic carbocycles. The molecule has 0 aliphatic carbocycles. The monoisotopic (exact) mass is 274 g/mol. The van der Waals surface area contributed by atoms with Crippen LogP contribution in [0.2, 0.25) is 0 Å².